The number of hydrogen-bond donors (Lipinski definition) is 0. The van der Waals surface area contributed by atoms with E-state index < -0.39 is 0 Å². The predicted octanol–water partition coefficient (Wildman–Crippen LogP) is 2.10. The van der Waals surface area contributed by atoms with Gasteiger partial charge in [-0.1, -0.05) is 20.3 Å². The molecule has 16 heavy (non-hydrogen) atoms. The van der Waals surface area contributed by atoms with Crippen LogP contribution in [-0.4, -0.2) is 44.0 Å². The van der Waals surface area contributed by atoms with E-state index in [1.807, 2.05) is 0 Å². The Balaban J connectivity index is 2.48. The van der Waals surface area contributed by atoms with Gasteiger partial charge in [0.05, 0.1) is 12.0 Å². The maximum atomic E-state index is 11.3. The first kappa shape index (κ1) is 13.7. The number of ether oxygens (including phenoxy) is 1. The summed E-state index contributed by atoms with van der Waals surface area (Å²) in [6, 6.07) is 0. The van der Waals surface area contributed by atoms with E-state index in [0.29, 0.717) is 6.61 Å². The highest BCUT2D eigenvalue weighted by Gasteiger charge is 2.34. The van der Waals surface area contributed by atoms with Crippen molar-refractivity contribution in [2.75, 3.05) is 32.8 Å². The van der Waals surface area contributed by atoms with E-state index in [-0.39, 0.29) is 5.41 Å². The van der Waals surface area contributed by atoms with E-state index in [9.17, 15) is 4.79 Å². The quantitative estimate of drug-likeness (QED) is 0.624. The molecule has 0 aromatic carbocycles. The molecular formula is C13H25NO2. The molecule has 3 heteroatoms. The molecule has 3 nitrogen and oxygen atoms in total. The van der Waals surface area contributed by atoms with Crippen molar-refractivity contribution in [1.29, 1.82) is 0 Å². The number of carbonyl (C=O) groups excluding carboxylic acids is 1. The second kappa shape index (κ2) is 7.02. The molecule has 1 heterocycles. The molecule has 0 bridgehead atoms. The fraction of sp³-hybridized carbons (Fsp3) is 0.923. The summed E-state index contributed by atoms with van der Waals surface area (Å²) in [6.45, 7) is 8.78. The van der Waals surface area contributed by atoms with Gasteiger partial charge in [-0.2, -0.15) is 0 Å². The molecule has 0 N–H and O–H groups in total. The summed E-state index contributed by atoms with van der Waals surface area (Å²) < 4.78 is 5.47. The summed E-state index contributed by atoms with van der Waals surface area (Å²) in [5, 5.41) is 0. The van der Waals surface area contributed by atoms with Crippen molar-refractivity contribution in [3.05, 3.63) is 0 Å². The lowest BCUT2D eigenvalue weighted by Gasteiger charge is -2.36. The summed E-state index contributed by atoms with van der Waals surface area (Å²) in [5.74, 6) is 0. The highest BCUT2D eigenvalue weighted by molar-refractivity contribution is 5.60. The number of unbranched alkanes of at least 4 members (excludes halogenated alkanes) is 1. The zero-order chi connectivity index (χ0) is 11.9. The second-order valence-electron chi connectivity index (χ2n) is 4.86. The first-order valence-electron chi connectivity index (χ1n) is 6.53. The Morgan fingerprint density at radius 2 is 2.25 bits per heavy atom. The van der Waals surface area contributed by atoms with Crippen molar-refractivity contribution < 1.29 is 9.53 Å². The first-order chi connectivity index (χ1) is 7.76. The zero-order valence-electron chi connectivity index (χ0n) is 10.7. The minimum atomic E-state index is -0.234. The van der Waals surface area contributed by atoms with Gasteiger partial charge in [0.1, 0.15) is 6.29 Å². The first-order valence-corrected chi connectivity index (χ1v) is 6.53. The fourth-order valence-electron chi connectivity index (χ4n) is 2.30. The van der Waals surface area contributed by atoms with Gasteiger partial charge in [-0.25, -0.2) is 0 Å². The SMILES string of the molecule is CCCCN(CC)CC1(C=O)CCCOC1. The molecule has 1 aliphatic heterocycles. The van der Waals surface area contributed by atoms with E-state index in [0.717, 1.165) is 45.4 Å². The van der Waals surface area contributed by atoms with Gasteiger partial charge >= 0.3 is 0 Å². The molecule has 1 unspecified atom stereocenters. The fourth-order valence-corrected chi connectivity index (χ4v) is 2.30. The normalized spacial score (nSPS) is 25.9. The number of nitrogens with zero attached hydrogens (tertiary/aromatic N) is 1. The van der Waals surface area contributed by atoms with Crippen LogP contribution in [0, 0.1) is 5.41 Å². The van der Waals surface area contributed by atoms with Crippen molar-refractivity contribution in [1.82, 2.24) is 4.90 Å². The molecule has 0 radical (unpaired) electrons. The van der Waals surface area contributed by atoms with Crippen molar-refractivity contribution in [3.8, 4) is 0 Å². The summed E-state index contributed by atoms with van der Waals surface area (Å²) >= 11 is 0. The summed E-state index contributed by atoms with van der Waals surface area (Å²) in [7, 11) is 0. The molecule has 1 atom stereocenters. The molecule has 0 aromatic rings. The second-order valence-corrected chi connectivity index (χ2v) is 4.86. The van der Waals surface area contributed by atoms with Crippen LogP contribution in [0.15, 0.2) is 0 Å². The van der Waals surface area contributed by atoms with E-state index in [1.165, 1.54) is 12.8 Å². The largest absolute Gasteiger partial charge is 0.380 e. The van der Waals surface area contributed by atoms with Crippen molar-refractivity contribution in [2.24, 2.45) is 5.41 Å². The van der Waals surface area contributed by atoms with Gasteiger partial charge in [0.15, 0.2) is 0 Å². The molecule has 0 aromatic heterocycles. The lowest BCUT2D eigenvalue weighted by atomic mass is 9.83. The molecule has 1 saturated heterocycles. The number of hydrogen-bond acceptors (Lipinski definition) is 3. The van der Waals surface area contributed by atoms with Crippen LogP contribution >= 0.6 is 0 Å². The van der Waals surface area contributed by atoms with E-state index in [2.05, 4.69) is 18.7 Å². The summed E-state index contributed by atoms with van der Waals surface area (Å²) in [4.78, 5) is 13.7. The van der Waals surface area contributed by atoms with Crippen LogP contribution in [0.2, 0.25) is 0 Å². The third kappa shape index (κ3) is 3.87. The molecule has 1 rings (SSSR count). The Labute approximate surface area is 99.1 Å². The monoisotopic (exact) mass is 227 g/mol. The molecule has 94 valence electrons. The molecule has 1 aliphatic rings. The van der Waals surface area contributed by atoms with Crippen LogP contribution < -0.4 is 0 Å². The Bertz CT molecular complexity index is 200. The van der Waals surface area contributed by atoms with Gasteiger partial charge in [-0.15, -0.1) is 0 Å². The van der Waals surface area contributed by atoms with Gasteiger partial charge in [-0.3, -0.25) is 0 Å². The maximum Gasteiger partial charge on any atom is 0.129 e. The standard InChI is InChI=1S/C13H25NO2/c1-3-5-8-14(4-2)10-13(11-15)7-6-9-16-12-13/h11H,3-10,12H2,1-2H3. The third-order valence-electron chi connectivity index (χ3n) is 3.42. The maximum absolute atomic E-state index is 11.3. The molecule has 0 saturated carbocycles. The van der Waals surface area contributed by atoms with Crippen LogP contribution in [0.5, 0.6) is 0 Å². The van der Waals surface area contributed by atoms with Gasteiger partial charge in [0.25, 0.3) is 0 Å². The Hall–Kier alpha value is -0.410. The molecule has 0 amide bonds. The van der Waals surface area contributed by atoms with Gasteiger partial charge in [0.2, 0.25) is 0 Å². The van der Waals surface area contributed by atoms with Crippen LogP contribution in [0.25, 0.3) is 0 Å². The number of carbonyl (C=O) groups is 1. The average molecular weight is 227 g/mol. The van der Waals surface area contributed by atoms with Gasteiger partial charge in [-0.05, 0) is 32.4 Å². The molecule has 1 fully saturated rings. The Morgan fingerprint density at radius 1 is 1.44 bits per heavy atom. The lowest BCUT2D eigenvalue weighted by Crippen LogP contribution is -2.44. The van der Waals surface area contributed by atoms with E-state index >= 15 is 0 Å². The number of aldehydes is 1. The van der Waals surface area contributed by atoms with Gasteiger partial charge < -0.3 is 14.4 Å². The van der Waals surface area contributed by atoms with Crippen molar-refractivity contribution >= 4 is 6.29 Å². The number of rotatable bonds is 7. The molecular weight excluding hydrogens is 202 g/mol. The highest BCUT2D eigenvalue weighted by atomic mass is 16.5. The molecule has 0 aliphatic carbocycles. The topological polar surface area (TPSA) is 29.5 Å². The third-order valence-corrected chi connectivity index (χ3v) is 3.42. The van der Waals surface area contributed by atoms with Crippen LogP contribution in [0.3, 0.4) is 0 Å². The summed E-state index contributed by atoms with van der Waals surface area (Å²) in [6.07, 6.45) is 5.55. The minimum Gasteiger partial charge on any atom is -0.380 e. The van der Waals surface area contributed by atoms with Crippen LogP contribution in [-0.2, 0) is 9.53 Å². The smallest absolute Gasteiger partial charge is 0.129 e. The van der Waals surface area contributed by atoms with Crippen molar-refractivity contribution in [3.63, 3.8) is 0 Å². The van der Waals surface area contributed by atoms with Crippen LogP contribution in [0.1, 0.15) is 39.5 Å². The summed E-state index contributed by atoms with van der Waals surface area (Å²) in [5.41, 5.74) is -0.234. The van der Waals surface area contributed by atoms with E-state index in [4.69, 9.17) is 4.74 Å². The highest BCUT2D eigenvalue weighted by Crippen LogP contribution is 2.27. The van der Waals surface area contributed by atoms with Crippen LogP contribution in [0.4, 0.5) is 0 Å². The van der Waals surface area contributed by atoms with Crippen molar-refractivity contribution in [2.45, 2.75) is 39.5 Å². The zero-order valence-corrected chi connectivity index (χ0v) is 10.7. The van der Waals surface area contributed by atoms with Gasteiger partial charge in [0, 0.05) is 13.2 Å². The average Bonchev–Trinajstić information content (AvgIpc) is 2.35. The Kier molecular flexibility index (Phi) is 5.99. The minimum absolute atomic E-state index is 0.234. The lowest BCUT2D eigenvalue weighted by molar-refractivity contribution is -0.125. The van der Waals surface area contributed by atoms with E-state index in [1.54, 1.807) is 0 Å². The Morgan fingerprint density at radius 3 is 2.75 bits per heavy atom. The molecule has 0 spiro atoms. The predicted molar refractivity (Wildman–Crippen MR) is 65.6 cm³/mol.